The van der Waals surface area contributed by atoms with Crippen molar-refractivity contribution in [3.05, 3.63) is 18.2 Å². The molecule has 4 nitrogen and oxygen atoms in total. The lowest BCUT2D eigenvalue weighted by Gasteiger charge is -2.28. The molecule has 0 spiro atoms. The maximum atomic E-state index is 11.2. The van der Waals surface area contributed by atoms with Crippen molar-refractivity contribution in [1.29, 1.82) is 0 Å². The minimum atomic E-state index is -0.640. The van der Waals surface area contributed by atoms with E-state index in [0.29, 0.717) is 0 Å². The summed E-state index contributed by atoms with van der Waals surface area (Å²) in [6, 6.07) is 0. The SMILES string of the molecule is Cn1ccnc1CC1CCCCC1C(=O)O. The molecule has 0 aromatic carbocycles. The van der Waals surface area contributed by atoms with Crippen LogP contribution in [-0.4, -0.2) is 20.6 Å². The Hall–Kier alpha value is -1.32. The Morgan fingerprint density at radius 2 is 2.31 bits per heavy atom. The van der Waals surface area contributed by atoms with Crippen LogP contribution in [0, 0.1) is 11.8 Å². The molecular weight excluding hydrogens is 204 g/mol. The van der Waals surface area contributed by atoms with Gasteiger partial charge in [-0.2, -0.15) is 0 Å². The van der Waals surface area contributed by atoms with Crippen LogP contribution in [0.3, 0.4) is 0 Å². The van der Waals surface area contributed by atoms with Gasteiger partial charge < -0.3 is 9.67 Å². The fourth-order valence-electron chi connectivity index (χ4n) is 2.60. The molecule has 0 saturated heterocycles. The third-order valence-corrected chi connectivity index (χ3v) is 3.59. The molecule has 1 aliphatic rings. The molecular formula is C12H18N2O2. The van der Waals surface area contributed by atoms with E-state index in [2.05, 4.69) is 4.98 Å². The standard InChI is InChI=1S/C12H18N2O2/c1-14-7-6-13-11(14)8-9-4-2-3-5-10(9)12(15)16/h6-7,9-10H,2-5,8H2,1H3,(H,15,16). The van der Waals surface area contributed by atoms with Crippen molar-refractivity contribution in [3.8, 4) is 0 Å². The highest BCUT2D eigenvalue weighted by molar-refractivity contribution is 5.70. The number of aromatic nitrogens is 2. The molecule has 1 aliphatic carbocycles. The predicted molar refractivity (Wildman–Crippen MR) is 60.0 cm³/mol. The third kappa shape index (κ3) is 2.26. The summed E-state index contributed by atoms with van der Waals surface area (Å²) in [6.07, 6.45) is 8.52. The van der Waals surface area contributed by atoms with Gasteiger partial charge in [-0.1, -0.05) is 12.8 Å². The van der Waals surface area contributed by atoms with Crippen LogP contribution in [0.2, 0.25) is 0 Å². The highest BCUT2D eigenvalue weighted by atomic mass is 16.4. The minimum Gasteiger partial charge on any atom is -0.481 e. The maximum Gasteiger partial charge on any atom is 0.306 e. The van der Waals surface area contributed by atoms with E-state index in [1.807, 2.05) is 17.8 Å². The van der Waals surface area contributed by atoms with Crippen LogP contribution in [0.5, 0.6) is 0 Å². The van der Waals surface area contributed by atoms with Crippen LogP contribution in [-0.2, 0) is 18.3 Å². The smallest absolute Gasteiger partial charge is 0.306 e. The Bertz CT molecular complexity index is 373. The highest BCUT2D eigenvalue weighted by Crippen LogP contribution is 2.32. The summed E-state index contributed by atoms with van der Waals surface area (Å²) >= 11 is 0. The Morgan fingerprint density at radius 3 is 2.94 bits per heavy atom. The van der Waals surface area contributed by atoms with Gasteiger partial charge in [0.05, 0.1) is 5.92 Å². The van der Waals surface area contributed by atoms with Gasteiger partial charge in [-0.3, -0.25) is 4.79 Å². The molecule has 1 heterocycles. The molecule has 2 rings (SSSR count). The summed E-state index contributed by atoms with van der Waals surface area (Å²) in [6.45, 7) is 0. The molecule has 16 heavy (non-hydrogen) atoms. The first-order chi connectivity index (χ1) is 7.68. The molecule has 1 aromatic rings. The molecule has 1 aromatic heterocycles. The Balaban J connectivity index is 2.07. The number of rotatable bonds is 3. The molecule has 1 fully saturated rings. The van der Waals surface area contributed by atoms with E-state index in [0.717, 1.165) is 37.9 Å². The van der Waals surface area contributed by atoms with Crippen LogP contribution in [0.1, 0.15) is 31.5 Å². The second-order valence-electron chi connectivity index (χ2n) is 4.65. The molecule has 0 radical (unpaired) electrons. The molecule has 0 amide bonds. The van der Waals surface area contributed by atoms with E-state index in [-0.39, 0.29) is 11.8 Å². The second-order valence-corrected chi connectivity index (χ2v) is 4.65. The summed E-state index contributed by atoms with van der Waals surface area (Å²) in [7, 11) is 1.96. The van der Waals surface area contributed by atoms with Crippen LogP contribution in [0.15, 0.2) is 12.4 Å². The zero-order valence-corrected chi connectivity index (χ0v) is 9.59. The van der Waals surface area contributed by atoms with Crippen LogP contribution in [0.25, 0.3) is 0 Å². The van der Waals surface area contributed by atoms with E-state index < -0.39 is 5.97 Å². The number of hydrogen-bond donors (Lipinski definition) is 1. The number of carbonyl (C=O) groups is 1. The van der Waals surface area contributed by atoms with Crippen molar-refractivity contribution in [2.45, 2.75) is 32.1 Å². The van der Waals surface area contributed by atoms with E-state index in [9.17, 15) is 9.90 Å². The lowest BCUT2D eigenvalue weighted by Crippen LogP contribution is -2.29. The predicted octanol–water partition coefficient (Wildman–Crippen LogP) is 1.85. The van der Waals surface area contributed by atoms with Crippen molar-refractivity contribution in [2.75, 3.05) is 0 Å². The van der Waals surface area contributed by atoms with Gasteiger partial charge in [-0.05, 0) is 18.8 Å². The van der Waals surface area contributed by atoms with Crippen molar-refractivity contribution in [2.24, 2.45) is 18.9 Å². The fourth-order valence-corrected chi connectivity index (χ4v) is 2.60. The maximum absolute atomic E-state index is 11.2. The molecule has 1 saturated carbocycles. The van der Waals surface area contributed by atoms with Crippen molar-refractivity contribution in [1.82, 2.24) is 9.55 Å². The minimum absolute atomic E-state index is 0.176. The summed E-state index contributed by atoms with van der Waals surface area (Å²) in [5, 5.41) is 9.18. The average molecular weight is 222 g/mol. The van der Waals surface area contributed by atoms with E-state index in [4.69, 9.17) is 0 Å². The van der Waals surface area contributed by atoms with Gasteiger partial charge in [-0.15, -0.1) is 0 Å². The number of carboxylic acid groups (broad SMARTS) is 1. The monoisotopic (exact) mass is 222 g/mol. The van der Waals surface area contributed by atoms with Gasteiger partial charge in [0.1, 0.15) is 5.82 Å². The topological polar surface area (TPSA) is 55.1 Å². The second kappa shape index (κ2) is 4.68. The van der Waals surface area contributed by atoms with Crippen LogP contribution in [0.4, 0.5) is 0 Å². The molecule has 0 bridgehead atoms. The lowest BCUT2D eigenvalue weighted by molar-refractivity contribution is -0.144. The quantitative estimate of drug-likeness (QED) is 0.849. The Labute approximate surface area is 95.3 Å². The third-order valence-electron chi connectivity index (χ3n) is 3.59. The number of carboxylic acids is 1. The highest BCUT2D eigenvalue weighted by Gasteiger charge is 2.31. The fraction of sp³-hybridized carbons (Fsp3) is 0.667. The zero-order chi connectivity index (χ0) is 11.5. The van der Waals surface area contributed by atoms with E-state index >= 15 is 0 Å². The zero-order valence-electron chi connectivity index (χ0n) is 9.59. The number of nitrogens with zero attached hydrogens (tertiary/aromatic N) is 2. The Morgan fingerprint density at radius 1 is 1.56 bits per heavy atom. The molecule has 1 N–H and O–H groups in total. The first kappa shape index (κ1) is 11.2. The van der Waals surface area contributed by atoms with Gasteiger partial charge in [0.25, 0.3) is 0 Å². The molecule has 4 heteroatoms. The normalized spacial score (nSPS) is 25.6. The van der Waals surface area contributed by atoms with Crippen molar-refractivity contribution >= 4 is 5.97 Å². The van der Waals surface area contributed by atoms with Gasteiger partial charge in [-0.25, -0.2) is 4.98 Å². The Kier molecular flexibility index (Phi) is 3.27. The van der Waals surface area contributed by atoms with Gasteiger partial charge in [0.2, 0.25) is 0 Å². The average Bonchev–Trinajstić information content (AvgIpc) is 2.65. The summed E-state index contributed by atoms with van der Waals surface area (Å²) < 4.78 is 1.98. The largest absolute Gasteiger partial charge is 0.481 e. The van der Waals surface area contributed by atoms with Gasteiger partial charge >= 0.3 is 5.97 Å². The van der Waals surface area contributed by atoms with Gasteiger partial charge in [0, 0.05) is 25.9 Å². The molecule has 0 aliphatic heterocycles. The summed E-state index contributed by atoms with van der Waals surface area (Å²) in [5.41, 5.74) is 0. The number of aliphatic carboxylic acids is 1. The number of aryl methyl sites for hydroxylation is 1. The molecule has 88 valence electrons. The van der Waals surface area contributed by atoms with Crippen molar-refractivity contribution < 1.29 is 9.90 Å². The first-order valence-electron chi connectivity index (χ1n) is 5.87. The van der Waals surface area contributed by atoms with E-state index in [1.165, 1.54) is 0 Å². The number of imidazole rings is 1. The van der Waals surface area contributed by atoms with Crippen molar-refractivity contribution in [3.63, 3.8) is 0 Å². The summed E-state index contributed by atoms with van der Waals surface area (Å²) in [5.74, 6) is 0.440. The molecule has 2 unspecified atom stereocenters. The van der Waals surface area contributed by atoms with E-state index in [1.54, 1.807) is 6.20 Å². The molecule has 2 atom stereocenters. The first-order valence-corrected chi connectivity index (χ1v) is 5.87. The summed E-state index contributed by atoms with van der Waals surface area (Å²) in [4.78, 5) is 15.4. The lowest BCUT2D eigenvalue weighted by atomic mass is 9.77. The van der Waals surface area contributed by atoms with Crippen LogP contribution >= 0.6 is 0 Å². The van der Waals surface area contributed by atoms with Crippen LogP contribution < -0.4 is 0 Å². The number of hydrogen-bond acceptors (Lipinski definition) is 2. The van der Waals surface area contributed by atoms with Gasteiger partial charge in [0.15, 0.2) is 0 Å².